The van der Waals surface area contributed by atoms with Crippen LogP contribution in [0.25, 0.3) is 0 Å². The van der Waals surface area contributed by atoms with Crippen molar-refractivity contribution in [2.45, 2.75) is 12.7 Å². The molecule has 0 saturated carbocycles. The van der Waals surface area contributed by atoms with Crippen LogP contribution in [0.5, 0.6) is 0 Å². The van der Waals surface area contributed by atoms with E-state index < -0.39 is 11.6 Å². The van der Waals surface area contributed by atoms with Gasteiger partial charge in [0.2, 0.25) is 11.6 Å². The topological polar surface area (TPSA) is 57.5 Å². The lowest BCUT2D eigenvalue weighted by Crippen LogP contribution is -2.35. The van der Waals surface area contributed by atoms with Crippen molar-refractivity contribution in [1.82, 2.24) is 0 Å². The van der Waals surface area contributed by atoms with Gasteiger partial charge in [-0.2, -0.15) is 0 Å². The number of Topliss-reactive ketones (excluding diaryl/α,β-unsaturated/α-hetero) is 1. The van der Waals surface area contributed by atoms with Gasteiger partial charge in [0.05, 0.1) is 5.33 Å². The molecule has 0 aliphatic heterocycles. The number of alkyl halides is 1. The van der Waals surface area contributed by atoms with Gasteiger partial charge in [-0.1, -0.05) is 15.9 Å². The van der Waals surface area contributed by atoms with Crippen LogP contribution < -0.4 is 0 Å². The first-order valence-corrected chi connectivity index (χ1v) is 3.14. The summed E-state index contributed by atoms with van der Waals surface area (Å²) in [5, 5.41) is 16.9. The summed E-state index contributed by atoms with van der Waals surface area (Å²) in [4.78, 5) is 10.3. The number of rotatable bonds is 2. The third-order valence-corrected chi connectivity index (χ3v) is 1.16. The van der Waals surface area contributed by atoms with Crippen molar-refractivity contribution < 1.29 is 15.0 Å². The number of ketones is 1. The maximum Gasteiger partial charge on any atom is 0.221 e. The van der Waals surface area contributed by atoms with E-state index in [2.05, 4.69) is 15.9 Å². The fraction of sp³-hybridized carbons (Fsp3) is 0.750. The number of hydrogen-bond donors (Lipinski definition) is 2. The molecule has 0 rings (SSSR count). The molecule has 0 spiro atoms. The van der Waals surface area contributed by atoms with Crippen molar-refractivity contribution in [2.75, 3.05) is 5.33 Å². The summed E-state index contributed by atoms with van der Waals surface area (Å²) in [6.07, 6.45) is 0. The van der Waals surface area contributed by atoms with Crippen LogP contribution in [-0.2, 0) is 4.79 Å². The summed E-state index contributed by atoms with van der Waals surface area (Å²) in [5.74, 6) is -2.82. The summed E-state index contributed by atoms with van der Waals surface area (Å²) in [5.41, 5.74) is 0. The summed E-state index contributed by atoms with van der Waals surface area (Å²) in [6.45, 7) is 1.02. The molecule has 8 heavy (non-hydrogen) atoms. The van der Waals surface area contributed by atoms with Crippen molar-refractivity contribution in [2.24, 2.45) is 0 Å². The Bertz CT molecular complexity index is 93.9. The Kier molecular flexibility index (Phi) is 2.59. The predicted octanol–water partition coefficient (Wildman–Crippen LogP) is -0.349. The average Bonchev–Trinajstić information content (AvgIpc) is 1.62. The zero-order chi connectivity index (χ0) is 6.78. The van der Waals surface area contributed by atoms with Crippen molar-refractivity contribution >= 4 is 21.7 Å². The standard InChI is InChI=1S/C4H7BrO3/c1-4(7,8)3(6)2-5/h7-8H,2H2,1H3. The number of carbonyl (C=O) groups is 1. The monoisotopic (exact) mass is 182 g/mol. The molecule has 0 aromatic rings. The fourth-order valence-corrected chi connectivity index (χ4v) is 0.658. The highest BCUT2D eigenvalue weighted by Crippen LogP contribution is 2.00. The minimum atomic E-state index is -2.18. The highest BCUT2D eigenvalue weighted by Gasteiger charge is 2.24. The Morgan fingerprint density at radius 3 is 2.12 bits per heavy atom. The molecule has 0 amide bonds. The van der Waals surface area contributed by atoms with Gasteiger partial charge < -0.3 is 10.2 Å². The van der Waals surface area contributed by atoms with E-state index >= 15 is 0 Å². The third-order valence-electron chi connectivity index (χ3n) is 0.650. The number of halogens is 1. The zero-order valence-electron chi connectivity index (χ0n) is 4.39. The maximum atomic E-state index is 10.3. The summed E-state index contributed by atoms with van der Waals surface area (Å²) >= 11 is 2.78. The van der Waals surface area contributed by atoms with Gasteiger partial charge in [0.15, 0.2) is 0 Å². The minimum absolute atomic E-state index is 0.0312. The van der Waals surface area contributed by atoms with Crippen LogP contribution >= 0.6 is 15.9 Å². The van der Waals surface area contributed by atoms with Gasteiger partial charge in [-0.05, 0) is 6.92 Å². The normalized spacial score (nSPS) is 11.5. The van der Waals surface area contributed by atoms with Crippen LogP contribution in [0.1, 0.15) is 6.92 Å². The Labute approximate surface area is 55.5 Å². The first kappa shape index (κ1) is 8.07. The Morgan fingerprint density at radius 2 is 2.12 bits per heavy atom. The van der Waals surface area contributed by atoms with Crippen molar-refractivity contribution in [1.29, 1.82) is 0 Å². The molecule has 0 radical (unpaired) electrons. The van der Waals surface area contributed by atoms with Crippen LogP contribution in [0.3, 0.4) is 0 Å². The second kappa shape index (κ2) is 2.57. The van der Waals surface area contributed by atoms with Crippen molar-refractivity contribution in [3.63, 3.8) is 0 Å². The van der Waals surface area contributed by atoms with Crippen LogP contribution in [0.2, 0.25) is 0 Å². The van der Waals surface area contributed by atoms with Gasteiger partial charge >= 0.3 is 0 Å². The van der Waals surface area contributed by atoms with Crippen LogP contribution in [-0.4, -0.2) is 27.1 Å². The molecular formula is C4H7BrO3. The Morgan fingerprint density at radius 1 is 1.75 bits per heavy atom. The molecule has 3 nitrogen and oxygen atoms in total. The summed E-state index contributed by atoms with van der Waals surface area (Å²) in [6, 6.07) is 0. The lowest BCUT2D eigenvalue weighted by Gasteiger charge is -2.10. The maximum absolute atomic E-state index is 10.3. The van der Waals surface area contributed by atoms with E-state index in [1.54, 1.807) is 0 Å². The highest BCUT2D eigenvalue weighted by atomic mass is 79.9. The molecule has 0 aromatic heterocycles. The third kappa shape index (κ3) is 2.40. The van der Waals surface area contributed by atoms with E-state index in [-0.39, 0.29) is 5.33 Å². The molecule has 0 saturated heterocycles. The Hall–Kier alpha value is 0.0700. The van der Waals surface area contributed by atoms with E-state index in [1.165, 1.54) is 0 Å². The molecule has 0 aliphatic rings. The molecule has 2 N–H and O–H groups in total. The van der Waals surface area contributed by atoms with E-state index in [0.29, 0.717) is 0 Å². The average molecular weight is 183 g/mol. The molecule has 0 aliphatic carbocycles. The zero-order valence-corrected chi connectivity index (χ0v) is 5.97. The van der Waals surface area contributed by atoms with E-state index in [9.17, 15) is 4.79 Å². The van der Waals surface area contributed by atoms with E-state index in [0.717, 1.165) is 6.92 Å². The molecule has 0 unspecified atom stereocenters. The Balaban J connectivity index is 3.82. The number of aliphatic hydroxyl groups is 2. The van der Waals surface area contributed by atoms with E-state index in [4.69, 9.17) is 10.2 Å². The molecule has 0 atom stereocenters. The number of hydrogen-bond acceptors (Lipinski definition) is 3. The van der Waals surface area contributed by atoms with E-state index in [1.807, 2.05) is 0 Å². The summed E-state index contributed by atoms with van der Waals surface area (Å²) < 4.78 is 0. The second-order valence-corrected chi connectivity index (χ2v) is 2.14. The fourth-order valence-electron chi connectivity index (χ4n) is 0.127. The molecule has 0 fully saturated rings. The van der Waals surface area contributed by atoms with Crippen molar-refractivity contribution in [3.8, 4) is 0 Å². The molecule has 0 heterocycles. The second-order valence-electron chi connectivity index (χ2n) is 1.58. The molecule has 48 valence electrons. The smallest absolute Gasteiger partial charge is 0.221 e. The number of carbonyl (C=O) groups excluding carboxylic acids is 1. The SMILES string of the molecule is CC(O)(O)C(=O)CBr. The first-order valence-electron chi connectivity index (χ1n) is 2.02. The molecule has 0 aromatic carbocycles. The predicted molar refractivity (Wildman–Crippen MR) is 31.6 cm³/mol. The van der Waals surface area contributed by atoms with Gasteiger partial charge in [0.25, 0.3) is 0 Å². The largest absolute Gasteiger partial charge is 0.360 e. The quantitative estimate of drug-likeness (QED) is 0.454. The lowest BCUT2D eigenvalue weighted by atomic mass is 10.2. The van der Waals surface area contributed by atoms with Gasteiger partial charge in [0.1, 0.15) is 0 Å². The minimum Gasteiger partial charge on any atom is -0.360 e. The molecule has 0 bridgehead atoms. The summed E-state index contributed by atoms with van der Waals surface area (Å²) in [7, 11) is 0. The van der Waals surface area contributed by atoms with Crippen LogP contribution in [0.15, 0.2) is 0 Å². The van der Waals surface area contributed by atoms with Gasteiger partial charge in [-0.25, -0.2) is 0 Å². The van der Waals surface area contributed by atoms with Crippen LogP contribution in [0.4, 0.5) is 0 Å². The molecular weight excluding hydrogens is 176 g/mol. The van der Waals surface area contributed by atoms with Crippen LogP contribution in [0, 0.1) is 0 Å². The van der Waals surface area contributed by atoms with Gasteiger partial charge in [0, 0.05) is 0 Å². The highest BCUT2D eigenvalue weighted by molar-refractivity contribution is 9.09. The van der Waals surface area contributed by atoms with Gasteiger partial charge in [-0.15, -0.1) is 0 Å². The van der Waals surface area contributed by atoms with Crippen molar-refractivity contribution in [3.05, 3.63) is 0 Å². The first-order chi connectivity index (χ1) is 3.48. The lowest BCUT2D eigenvalue weighted by molar-refractivity contribution is -0.172. The molecule has 4 heteroatoms. The van der Waals surface area contributed by atoms with Gasteiger partial charge in [-0.3, -0.25) is 4.79 Å².